The highest BCUT2D eigenvalue weighted by Gasteiger charge is 2.40. The Kier molecular flexibility index (Phi) is 10.6. The molecule has 6 atom stereocenters. The molecular weight excluding hydrogens is 536 g/mol. The van der Waals surface area contributed by atoms with Crippen LogP contribution in [-0.4, -0.2) is 79.4 Å². The molecule has 3 aliphatic rings. The zero-order valence-corrected chi connectivity index (χ0v) is 23.9. The molecule has 4 bridgehead atoms. The third kappa shape index (κ3) is 7.27. The fourth-order valence-corrected chi connectivity index (χ4v) is 4.91. The van der Waals surface area contributed by atoms with Gasteiger partial charge in [-0.3, -0.25) is 4.79 Å². The van der Waals surface area contributed by atoms with Gasteiger partial charge in [0.25, 0.3) is 5.91 Å². The standard InChI is InChI=1S/C29H38N2O10/c1-14-10-17-23(33)19(13-20(32)25(17)39-6)31-27(34)15(2)8-7-9-21(37-4)26(41-29(30)36)18-12-16(3)24(40-28(18)35)22(11-14)38-5/h7-10,12-13,16,21-22,24,26,28,32-33,35H,11H2,1-6H3,(H2,30,36)(H,31,34)/t16?,21-,22-,24-,26-,28?/m0/s1. The SMILES string of the molecule is COc1c(O)cc2c(O)c1C=C(C)C[C@H](OC)[C@H]1OC(O)C(=CC1C)[C@H](OC(N)=O)[C@@H](OC)C=CC=C(C)C(=O)N2. The van der Waals surface area contributed by atoms with Crippen molar-refractivity contribution < 1.29 is 48.6 Å². The van der Waals surface area contributed by atoms with Crippen LogP contribution in [0.3, 0.4) is 0 Å². The highest BCUT2D eigenvalue weighted by Crippen LogP contribution is 2.44. The summed E-state index contributed by atoms with van der Waals surface area (Å²) in [5, 5.41) is 35.3. The summed E-state index contributed by atoms with van der Waals surface area (Å²) >= 11 is 0. The van der Waals surface area contributed by atoms with Crippen molar-refractivity contribution in [1.29, 1.82) is 0 Å². The maximum atomic E-state index is 12.9. The highest BCUT2D eigenvalue weighted by molar-refractivity contribution is 6.05. The molecule has 12 heteroatoms. The number of methoxy groups -OCH3 is 3. The van der Waals surface area contributed by atoms with Gasteiger partial charge in [0.15, 0.2) is 23.9 Å². The molecule has 41 heavy (non-hydrogen) atoms. The molecule has 4 rings (SSSR count). The van der Waals surface area contributed by atoms with Crippen LogP contribution in [0.1, 0.15) is 32.8 Å². The minimum atomic E-state index is -1.48. The Hall–Kier alpha value is -3.84. The fraction of sp³-hybridized carbons (Fsp3) is 0.448. The number of phenols is 2. The Morgan fingerprint density at radius 3 is 2.49 bits per heavy atom. The molecule has 1 aromatic carbocycles. The predicted molar refractivity (Wildman–Crippen MR) is 150 cm³/mol. The van der Waals surface area contributed by atoms with Gasteiger partial charge in [0.2, 0.25) is 0 Å². The van der Waals surface area contributed by atoms with Crippen LogP contribution in [0.4, 0.5) is 10.5 Å². The first-order chi connectivity index (χ1) is 19.4. The van der Waals surface area contributed by atoms with E-state index < -0.39 is 42.7 Å². The number of anilines is 1. The molecule has 12 nitrogen and oxygen atoms in total. The lowest BCUT2D eigenvalue weighted by molar-refractivity contribution is -0.179. The molecular formula is C29H38N2O10. The highest BCUT2D eigenvalue weighted by atomic mass is 16.6. The lowest BCUT2D eigenvalue weighted by Crippen LogP contribution is -2.47. The van der Waals surface area contributed by atoms with Crippen molar-refractivity contribution in [1.82, 2.24) is 0 Å². The van der Waals surface area contributed by atoms with E-state index in [0.29, 0.717) is 12.0 Å². The zero-order valence-electron chi connectivity index (χ0n) is 23.9. The van der Waals surface area contributed by atoms with E-state index in [1.807, 2.05) is 6.92 Å². The first kappa shape index (κ1) is 31.7. The van der Waals surface area contributed by atoms with E-state index in [9.17, 15) is 24.9 Å². The molecule has 0 radical (unpaired) electrons. The van der Waals surface area contributed by atoms with Crippen LogP contribution < -0.4 is 15.8 Å². The van der Waals surface area contributed by atoms with Crippen molar-refractivity contribution >= 4 is 23.8 Å². The number of carbonyl (C=O) groups is 2. The number of ether oxygens (including phenoxy) is 5. The number of carbonyl (C=O) groups excluding carboxylic acids is 2. The smallest absolute Gasteiger partial charge is 0.405 e. The Balaban J connectivity index is 2.20. The molecule has 2 amide bonds. The number of amides is 2. The summed E-state index contributed by atoms with van der Waals surface area (Å²) in [7, 11) is 4.25. The third-order valence-electron chi connectivity index (χ3n) is 7.00. The van der Waals surface area contributed by atoms with E-state index in [1.54, 1.807) is 26.0 Å². The van der Waals surface area contributed by atoms with E-state index >= 15 is 0 Å². The quantitative estimate of drug-likeness (QED) is 0.204. The van der Waals surface area contributed by atoms with Crippen LogP contribution in [0.5, 0.6) is 17.2 Å². The lowest BCUT2D eigenvalue weighted by Gasteiger charge is -2.39. The number of nitrogens with two attached hydrogens (primary N) is 1. The largest absolute Gasteiger partial charge is 0.505 e. The molecule has 3 aliphatic heterocycles. The van der Waals surface area contributed by atoms with Crippen molar-refractivity contribution in [2.24, 2.45) is 11.7 Å². The molecule has 0 fully saturated rings. The van der Waals surface area contributed by atoms with E-state index in [1.165, 1.54) is 45.6 Å². The number of aliphatic hydroxyl groups excluding tert-OH is 1. The Labute approximate surface area is 238 Å². The molecule has 0 saturated heterocycles. The summed E-state index contributed by atoms with van der Waals surface area (Å²) in [6.45, 7) is 5.20. The number of benzene rings is 1. The first-order valence-electron chi connectivity index (χ1n) is 12.9. The molecule has 0 saturated carbocycles. The fourth-order valence-electron chi connectivity index (χ4n) is 4.91. The van der Waals surface area contributed by atoms with Gasteiger partial charge in [-0.05, 0) is 26.3 Å². The average molecular weight is 575 g/mol. The van der Waals surface area contributed by atoms with Crippen LogP contribution in [0, 0.1) is 5.92 Å². The van der Waals surface area contributed by atoms with E-state index in [0.717, 1.165) is 0 Å². The van der Waals surface area contributed by atoms with Crippen molar-refractivity contribution in [2.75, 3.05) is 26.6 Å². The summed E-state index contributed by atoms with van der Waals surface area (Å²) in [6, 6.07) is 1.19. The number of aromatic hydroxyl groups is 2. The Morgan fingerprint density at radius 1 is 1.17 bits per heavy atom. The second-order valence-electron chi connectivity index (χ2n) is 9.93. The average Bonchev–Trinajstić information content (AvgIpc) is 2.92. The number of fused-ring (bicyclic) bond motifs is 9. The monoisotopic (exact) mass is 574 g/mol. The molecule has 0 aromatic heterocycles. The number of primary amides is 1. The van der Waals surface area contributed by atoms with Crippen LogP contribution in [0.2, 0.25) is 0 Å². The molecule has 0 aliphatic carbocycles. The minimum Gasteiger partial charge on any atom is -0.505 e. The van der Waals surface area contributed by atoms with Crippen molar-refractivity contribution in [3.63, 3.8) is 0 Å². The minimum absolute atomic E-state index is 0.0197. The van der Waals surface area contributed by atoms with Crippen molar-refractivity contribution in [3.8, 4) is 17.2 Å². The molecule has 2 unspecified atom stereocenters. The van der Waals surface area contributed by atoms with E-state index in [4.69, 9.17) is 29.4 Å². The van der Waals surface area contributed by atoms with Gasteiger partial charge in [-0.15, -0.1) is 0 Å². The number of allylic oxidation sites excluding steroid dienone is 2. The van der Waals surface area contributed by atoms with Crippen LogP contribution in [-0.2, 0) is 23.7 Å². The summed E-state index contributed by atoms with van der Waals surface area (Å²) < 4.78 is 27.9. The van der Waals surface area contributed by atoms with Gasteiger partial charge >= 0.3 is 6.09 Å². The van der Waals surface area contributed by atoms with Crippen LogP contribution in [0.15, 0.2) is 47.1 Å². The molecule has 0 spiro atoms. The Bertz CT molecular complexity index is 1270. The van der Waals surface area contributed by atoms with Gasteiger partial charge in [-0.2, -0.15) is 0 Å². The van der Waals surface area contributed by atoms with Crippen molar-refractivity contribution in [3.05, 3.63) is 52.7 Å². The number of nitrogens with one attached hydrogen (secondary N) is 1. The topological polar surface area (TPSA) is 179 Å². The maximum absolute atomic E-state index is 12.9. The summed E-state index contributed by atoms with van der Waals surface area (Å²) in [5.41, 5.74) is 6.65. The summed E-state index contributed by atoms with van der Waals surface area (Å²) in [5.74, 6) is -1.45. The molecule has 6 N–H and O–H groups in total. The number of hydrogen-bond donors (Lipinski definition) is 5. The third-order valence-corrected chi connectivity index (χ3v) is 7.00. The maximum Gasteiger partial charge on any atom is 0.405 e. The van der Waals surface area contributed by atoms with Gasteiger partial charge in [-0.25, -0.2) is 4.79 Å². The molecule has 224 valence electrons. The van der Waals surface area contributed by atoms with Gasteiger partial charge in [-0.1, -0.05) is 36.8 Å². The van der Waals surface area contributed by atoms with Crippen LogP contribution >= 0.6 is 0 Å². The van der Waals surface area contributed by atoms with E-state index in [2.05, 4.69) is 5.32 Å². The molecule has 1 aromatic rings. The van der Waals surface area contributed by atoms with Gasteiger partial charge in [0, 0.05) is 37.4 Å². The lowest BCUT2D eigenvalue weighted by atomic mass is 9.88. The van der Waals surface area contributed by atoms with Gasteiger partial charge in [0.05, 0.1) is 30.6 Å². The van der Waals surface area contributed by atoms with Gasteiger partial charge < -0.3 is 50.1 Å². The number of rotatable bonds is 4. The number of phenolic OH excluding ortho intramolecular Hbond substituents is 2. The summed E-state index contributed by atoms with van der Waals surface area (Å²) in [6.07, 6.45) is 2.41. The van der Waals surface area contributed by atoms with Gasteiger partial charge in [0.1, 0.15) is 11.9 Å². The first-order valence-corrected chi connectivity index (χ1v) is 12.9. The number of aliphatic hydroxyl groups is 1. The normalized spacial score (nSPS) is 27.4. The second-order valence-corrected chi connectivity index (χ2v) is 9.93. The Morgan fingerprint density at radius 2 is 1.88 bits per heavy atom. The van der Waals surface area contributed by atoms with Crippen molar-refractivity contribution in [2.45, 2.75) is 57.9 Å². The predicted octanol–water partition coefficient (Wildman–Crippen LogP) is 3.13. The molecule has 3 heterocycles. The van der Waals surface area contributed by atoms with Crippen LogP contribution in [0.25, 0.3) is 6.08 Å². The zero-order chi connectivity index (χ0) is 30.4. The number of hydrogen-bond acceptors (Lipinski definition) is 10. The second kappa shape index (κ2) is 13.7. The van der Waals surface area contributed by atoms with E-state index in [-0.39, 0.29) is 45.6 Å². The summed E-state index contributed by atoms with van der Waals surface area (Å²) in [4.78, 5) is 24.7.